The molecule has 44 atom stereocenters. The number of rotatable bonds is 30. The molecule has 26 fully saturated rings. The molecule has 0 aromatic carbocycles. The first-order valence-corrected chi connectivity index (χ1v) is 55.6. The fraction of sp³-hybridized carbons (Fsp3) is 0.917. The van der Waals surface area contributed by atoms with E-state index in [0.29, 0.717) is 177 Å². The van der Waals surface area contributed by atoms with E-state index in [1.165, 1.54) is 83.5 Å². The number of ether oxygens (including phenoxy) is 12. The first-order chi connectivity index (χ1) is 64.6. The number of hydrogen-bond acceptors (Lipinski definition) is 22. The molecule has 0 amide bonds. The number of Topliss-reactive ketones (excluding diaryl/α,β-unsaturated/α-hetero) is 2. The Bertz CT molecular complexity index is 4310. The maximum Gasteiger partial charge on any atom is 0.311 e. The second kappa shape index (κ2) is 46.4. The fourth-order valence-electron chi connectivity index (χ4n) is 37.3. The third kappa shape index (κ3) is 21.1. The number of carbonyl (C=O) groups is 10. The lowest BCUT2D eigenvalue weighted by Gasteiger charge is -2.52. The number of fused-ring (bicyclic) bond motifs is 36. The van der Waals surface area contributed by atoms with Crippen molar-refractivity contribution in [2.24, 2.45) is 248 Å². The van der Waals surface area contributed by atoms with Crippen LogP contribution in [-0.2, 0) is 105 Å². The zero-order valence-corrected chi connectivity index (χ0v) is 82.7. The highest BCUT2D eigenvalue weighted by Gasteiger charge is 2.72. The summed E-state index contributed by atoms with van der Waals surface area (Å²) in [4.78, 5) is 128. The summed E-state index contributed by atoms with van der Waals surface area (Å²) in [6, 6.07) is 0. The van der Waals surface area contributed by atoms with Crippen LogP contribution in [0, 0.1) is 248 Å². The fourth-order valence-corrected chi connectivity index (χ4v) is 37.3. The Morgan fingerprint density at radius 1 is 0.303 bits per heavy atom. The lowest BCUT2D eigenvalue weighted by Crippen LogP contribution is -2.55. The number of ketones is 2. The zero-order chi connectivity index (χ0) is 92.9. The summed E-state index contributed by atoms with van der Waals surface area (Å²) in [5.74, 6) is 17.7. The molecule has 22 nitrogen and oxygen atoms in total. The van der Waals surface area contributed by atoms with E-state index < -0.39 is 10.8 Å². The molecule has 26 saturated carbocycles. The molecular weight excluding hydrogens is 1790 g/mol. The molecule has 0 radical (unpaired) electrons. The molecule has 142 heavy (non-hydrogen) atoms. The van der Waals surface area contributed by atoms with Crippen molar-refractivity contribution >= 4 is 59.3 Å². The van der Waals surface area contributed by atoms with Crippen molar-refractivity contribution in [3.05, 3.63) is 0 Å². The average molecular weight is 1990 g/mol. The highest BCUT2D eigenvalue weighted by atomic mass is 16.7. The second-order valence-electron chi connectivity index (χ2n) is 51.0. The van der Waals surface area contributed by atoms with Crippen molar-refractivity contribution < 1.29 is 105 Å². The van der Waals surface area contributed by atoms with Crippen LogP contribution in [0.4, 0.5) is 0 Å². The lowest BCUT2D eigenvalue weighted by atomic mass is 9.54. The monoisotopic (exact) mass is 1990 g/mol. The zero-order valence-electron chi connectivity index (χ0n) is 82.7. The van der Waals surface area contributed by atoms with Gasteiger partial charge in [-0.1, -0.05) is 139 Å². The highest BCUT2D eigenvalue weighted by Crippen LogP contribution is 2.74. The van der Waals surface area contributed by atoms with Crippen LogP contribution in [0.5, 0.6) is 0 Å². The van der Waals surface area contributed by atoms with Crippen LogP contribution in [0.25, 0.3) is 0 Å². The Balaban J connectivity index is 0.000000156. The van der Waals surface area contributed by atoms with Crippen LogP contribution in [-0.4, -0.2) is 136 Å². The van der Waals surface area contributed by atoms with Crippen LogP contribution in [0.15, 0.2) is 0 Å². The Morgan fingerprint density at radius 2 is 0.577 bits per heavy atom. The highest BCUT2D eigenvalue weighted by molar-refractivity contribution is 5.87. The Hall–Kier alpha value is -5.06. The summed E-state index contributed by atoms with van der Waals surface area (Å²) in [6.45, 7) is 21.6. The molecule has 0 aromatic rings. The lowest BCUT2D eigenvalue weighted by molar-refractivity contribution is -0.194. The number of carbonyl (C=O) groups excluding carboxylic acids is 10. The molecule has 0 heterocycles. The van der Waals surface area contributed by atoms with E-state index in [1.807, 2.05) is 69.2 Å². The van der Waals surface area contributed by atoms with Crippen molar-refractivity contribution in [2.45, 2.75) is 409 Å². The predicted molar refractivity (Wildman–Crippen MR) is 546 cm³/mol. The molecule has 44 unspecified atom stereocenters. The molecule has 22 heteroatoms. The summed E-state index contributed by atoms with van der Waals surface area (Å²) in [6.07, 6.45) is 41.7. The van der Waals surface area contributed by atoms with Crippen molar-refractivity contribution in [1.29, 1.82) is 0 Å². The van der Waals surface area contributed by atoms with Gasteiger partial charge in [0.2, 0.25) is 0 Å². The molecule has 0 aromatic heterocycles. The topological polar surface area (TPSA) is 281 Å². The van der Waals surface area contributed by atoms with Gasteiger partial charge in [-0.05, 0) is 411 Å². The van der Waals surface area contributed by atoms with Gasteiger partial charge in [-0.25, -0.2) is 0 Å². The Labute approximate surface area is 856 Å². The standard InChI is InChI=1S/C30H42O6.C29H40O6.C27H42O5.C26H40O5.8CH4/c1-4-30(2,3)29(33)36-23-12-16-11-21(23)25-19-9-15(24(16)25)10-20(19)28(32)35-13-34-27-18-6-14-5-17(8-18)26(31)22(27)7-14;1-3-13(2)28(31)35-23-11-16-10-21(23)25-19-8-15(24(16)25)9-20(19)29(32)34-12-33-27-18-5-14-4-17(7-18)26(30)22(27)6-14;1-4-27(2,3)26(29)32-22-13-18-12-21(22)24-19-10-17(23(18)24)11-20(19)25(28)31-15-30-14-16-8-6-5-7-9-16;1-3-15(2)25(27)31-22-12-18-11-21(22)24-19-9-17(23(18)24)10-20(19)26(28)30-14-29-13-16-7-5-4-6-8-16;;;;;;;;/h14-25,27H,4-13H2,1-3H3;13-25,27H,3-12H2,1-2H3;16-24H,4-15H2,1-3H3;15-24H,3-14H2,1-2H3;8*1H4. The van der Waals surface area contributed by atoms with E-state index in [0.717, 1.165) is 186 Å². The molecule has 0 aliphatic heterocycles. The van der Waals surface area contributed by atoms with Crippen molar-refractivity contribution in [2.75, 3.05) is 40.4 Å². The summed E-state index contributed by atoms with van der Waals surface area (Å²) < 4.78 is 70.5. The van der Waals surface area contributed by atoms with Crippen molar-refractivity contribution in [3.8, 4) is 0 Å². The van der Waals surface area contributed by atoms with E-state index in [-0.39, 0.29) is 230 Å². The van der Waals surface area contributed by atoms with E-state index in [2.05, 4.69) is 0 Å². The smallest absolute Gasteiger partial charge is 0.311 e. The number of esters is 8. The third-order valence-electron chi connectivity index (χ3n) is 44.0. The SMILES string of the molecule is C.C.C.C.C.C.C.C.CCC(C)(C)C(=O)OC1CC2CC1C1C3CC(CC3C(=O)OCOC3C4CC5CC(C4)C(=O)C3C5)C21.CCC(C)(C)C(=O)OC1CC2CC1C1C3CC(CC3C(=O)OCOCC3CCCCC3)C21.CCC(C)C(=O)OC1CC2CC1C1C3CC(CC3C(=O)OCOC3C4CC5CC(C4)C(=O)C3C5)C21.CCC(C)C(=O)OC1CC2CC1C1C3CC(CC3C(=O)OCOCC3CCCCC3)C21. The molecule has 0 saturated heterocycles. The minimum Gasteiger partial charge on any atom is -0.462 e. The number of hydrogen-bond donors (Lipinski definition) is 0. The predicted octanol–water partition coefficient (Wildman–Crippen LogP) is 24.6. The van der Waals surface area contributed by atoms with Crippen LogP contribution >= 0.6 is 0 Å². The molecular formula is C120H196O22. The molecule has 808 valence electrons. The first-order valence-electron chi connectivity index (χ1n) is 55.6. The van der Waals surface area contributed by atoms with E-state index in [1.54, 1.807) is 0 Å². The van der Waals surface area contributed by atoms with Gasteiger partial charge in [-0.3, -0.25) is 47.9 Å². The van der Waals surface area contributed by atoms with E-state index >= 15 is 0 Å². The molecule has 26 rings (SSSR count). The van der Waals surface area contributed by atoms with E-state index in [4.69, 9.17) is 56.8 Å². The van der Waals surface area contributed by atoms with Crippen LogP contribution in [0.3, 0.4) is 0 Å². The summed E-state index contributed by atoms with van der Waals surface area (Å²) in [7, 11) is 0. The molecule has 0 N–H and O–H groups in total. The third-order valence-corrected chi connectivity index (χ3v) is 44.0. The van der Waals surface area contributed by atoms with E-state index in [9.17, 15) is 47.9 Å². The Kier molecular flexibility index (Phi) is 37.3. The van der Waals surface area contributed by atoms with Crippen molar-refractivity contribution in [3.63, 3.8) is 0 Å². The normalized spacial score (nSPS) is 43.4. The summed E-state index contributed by atoms with van der Waals surface area (Å²) >= 11 is 0. The molecule has 0 spiro atoms. The van der Waals surface area contributed by atoms with Gasteiger partial charge in [-0.2, -0.15) is 0 Å². The van der Waals surface area contributed by atoms with Gasteiger partial charge < -0.3 is 56.8 Å². The van der Waals surface area contributed by atoms with Crippen LogP contribution in [0.2, 0.25) is 0 Å². The van der Waals surface area contributed by atoms with Crippen molar-refractivity contribution in [1.82, 2.24) is 0 Å². The molecule has 26 aliphatic rings. The van der Waals surface area contributed by atoms with Gasteiger partial charge >= 0.3 is 47.8 Å². The van der Waals surface area contributed by atoms with Crippen LogP contribution in [0.1, 0.15) is 373 Å². The average Bonchev–Trinajstić information content (AvgIpc) is 1.54. The minimum atomic E-state index is -0.440. The van der Waals surface area contributed by atoms with Gasteiger partial charge in [0.25, 0.3) is 0 Å². The van der Waals surface area contributed by atoms with Gasteiger partial charge in [-0.15, -0.1) is 0 Å². The maximum atomic E-state index is 13.2. The van der Waals surface area contributed by atoms with Gasteiger partial charge in [0.15, 0.2) is 27.2 Å². The largest absolute Gasteiger partial charge is 0.462 e. The quantitative estimate of drug-likeness (QED) is 0.0212. The van der Waals surface area contributed by atoms with Crippen LogP contribution < -0.4 is 0 Å². The van der Waals surface area contributed by atoms with Gasteiger partial charge in [0, 0.05) is 23.7 Å². The second-order valence-corrected chi connectivity index (χ2v) is 51.0. The van der Waals surface area contributed by atoms with Gasteiger partial charge in [0.1, 0.15) is 36.0 Å². The molecule has 24 bridgehead atoms. The maximum absolute atomic E-state index is 13.2. The first kappa shape index (κ1) is 114. The van der Waals surface area contributed by atoms with Gasteiger partial charge in [0.05, 0.1) is 71.8 Å². The summed E-state index contributed by atoms with van der Waals surface area (Å²) in [5.41, 5.74) is -0.857. The Morgan fingerprint density at radius 3 is 0.866 bits per heavy atom. The summed E-state index contributed by atoms with van der Waals surface area (Å²) in [5, 5.41) is 0. The molecule has 26 aliphatic carbocycles. The minimum absolute atomic E-state index is 0.